The molecule has 0 spiro atoms. The molecule has 1 aromatic rings. The number of nitrogens with zero attached hydrogens (tertiary/aromatic N) is 1. The molecule has 7 heteroatoms. The number of hydrogen-bond donors (Lipinski definition) is 1. The fourth-order valence-electron chi connectivity index (χ4n) is 2.32. The fourth-order valence-corrected chi connectivity index (χ4v) is 3.34. The number of amides is 1. The van der Waals surface area contributed by atoms with Gasteiger partial charge in [-0.15, -0.1) is 0 Å². The molecule has 0 aromatic heterocycles. The van der Waals surface area contributed by atoms with Crippen molar-refractivity contribution < 1.29 is 18.7 Å². The largest absolute Gasteiger partial charge is 0.491 e. The number of carbonyl (C=O) groups excluding carboxylic acids is 1. The number of hydrazine groups is 1. The average Bonchev–Trinajstić information content (AvgIpc) is 2.55. The molecule has 1 aromatic carbocycles. The third kappa shape index (κ3) is 9.65. The van der Waals surface area contributed by atoms with Gasteiger partial charge in [-0.25, -0.2) is 9.80 Å². The fraction of sp³-hybridized carbons (Fsp3) is 0.682. The summed E-state index contributed by atoms with van der Waals surface area (Å²) < 4.78 is 17.4. The Labute approximate surface area is 178 Å². The minimum Gasteiger partial charge on any atom is -0.491 e. The third-order valence-corrected chi connectivity index (χ3v) is 9.52. The minimum atomic E-state index is -1.76. The van der Waals surface area contributed by atoms with Gasteiger partial charge in [-0.05, 0) is 57.0 Å². The van der Waals surface area contributed by atoms with Crippen LogP contribution in [0.4, 0.5) is 4.79 Å². The van der Waals surface area contributed by atoms with Crippen LogP contribution < -0.4 is 10.2 Å². The monoisotopic (exact) mass is 424 g/mol. The van der Waals surface area contributed by atoms with E-state index in [0.29, 0.717) is 19.8 Å². The van der Waals surface area contributed by atoms with Gasteiger partial charge < -0.3 is 13.9 Å². The molecule has 29 heavy (non-hydrogen) atoms. The summed E-state index contributed by atoms with van der Waals surface area (Å²) in [4.78, 5) is 11.9. The number of ether oxygens (including phenoxy) is 2. The van der Waals surface area contributed by atoms with Crippen LogP contribution in [0.3, 0.4) is 0 Å². The van der Waals surface area contributed by atoms with E-state index < -0.39 is 20.0 Å². The van der Waals surface area contributed by atoms with E-state index in [0.717, 1.165) is 17.7 Å². The Kier molecular flexibility index (Phi) is 9.18. The number of benzene rings is 1. The van der Waals surface area contributed by atoms with Gasteiger partial charge in [0.25, 0.3) is 0 Å². The molecule has 0 fully saturated rings. The molecule has 0 aliphatic carbocycles. The molecular formula is C22H40N2O4Si. The van der Waals surface area contributed by atoms with E-state index >= 15 is 0 Å². The molecule has 0 bridgehead atoms. The Balaban J connectivity index is 2.50. The van der Waals surface area contributed by atoms with Crippen molar-refractivity contribution >= 4 is 14.4 Å². The normalized spacial score (nSPS) is 12.8. The highest BCUT2D eigenvalue weighted by atomic mass is 28.4. The van der Waals surface area contributed by atoms with Crippen LogP contribution in [-0.4, -0.2) is 51.8 Å². The molecule has 1 rings (SSSR count). The van der Waals surface area contributed by atoms with E-state index in [1.807, 2.05) is 52.1 Å². The lowest BCUT2D eigenvalue weighted by Gasteiger charge is -2.36. The van der Waals surface area contributed by atoms with E-state index in [-0.39, 0.29) is 5.04 Å². The Bertz CT molecular complexity index is 651. The number of nitrogens with one attached hydrogen (secondary N) is 1. The van der Waals surface area contributed by atoms with Gasteiger partial charge in [-0.1, -0.05) is 39.0 Å². The van der Waals surface area contributed by atoms with Crippen LogP contribution in [0, 0.1) is 0 Å². The van der Waals surface area contributed by atoms with E-state index in [1.165, 1.54) is 0 Å². The Morgan fingerprint density at radius 2 is 1.69 bits per heavy atom. The minimum absolute atomic E-state index is 0.191. The molecule has 0 saturated carbocycles. The van der Waals surface area contributed by atoms with Crippen molar-refractivity contribution in [2.24, 2.45) is 0 Å². The van der Waals surface area contributed by atoms with Gasteiger partial charge in [0.15, 0.2) is 8.32 Å². The first kappa shape index (κ1) is 25.5. The average molecular weight is 425 g/mol. The zero-order valence-electron chi connectivity index (χ0n) is 19.7. The second-order valence-electron chi connectivity index (χ2n) is 9.85. The molecule has 0 aliphatic heterocycles. The molecule has 0 heterocycles. The van der Waals surface area contributed by atoms with Crippen LogP contribution in [0.1, 0.15) is 47.1 Å². The predicted octanol–water partition coefficient (Wildman–Crippen LogP) is 5.00. The summed E-state index contributed by atoms with van der Waals surface area (Å²) in [6, 6.07) is 7.99. The SMILES string of the molecule is CN(CCc1ccccc1OCCO[Si](C)(C)C(C)(C)C)NC(=O)OC(C)(C)C. The summed E-state index contributed by atoms with van der Waals surface area (Å²) in [5.74, 6) is 0.858. The first-order chi connectivity index (χ1) is 13.2. The molecular weight excluding hydrogens is 384 g/mol. The second kappa shape index (κ2) is 10.5. The first-order valence-corrected chi connectivity index (χ1v) is 13.2. The summed E-state index contributed by atoms with van der Waals surface area (Å²) in [7, 11) is 0.0614. The van der Waals surface area contributed by atoms with Crippen molar-refractivity contribution in [2.45, 2.75) is 71.7 Å². The van der Waals surface area contributed by atoms with Gasteiger partial charge in [0.2, 0.25) is 0 Å². The summed E-state index contributed by atoms with van der Waals surface area (Å²) in [5, 5.41) is 1.92. The maximum atomic E-state index is 11.9. The van der Waals surface area contributed by atoms with Crippen LogP contribution in [0.15, 0.2) is 24.3 Å². The zero-order chi connectivity index (χ0) is 22.3. The van der Waals surface area contributed by atoms with Gasteiger partial charge in [0.05, 0.1) is 6.61 Å². The van der Waals surface area contributed by atoms with Crippen molar-refractivity contribution in [1.82, 2.24) is 10.4 Å². The lowest BCUT2D eigenvalue weighted by molar-refractivity contribution is 0.0370. The zero-order valence-corrected chi connectivity index (χ0v) is 20.7. The van der Waals surface area contributed by atoms with E-state index in [1.54, 1.807) is 5.01 Å². The van der Waals surface area contributed by atoms with Crippen molar-refractivity contribution in [3.8, 4) is 5.75 Å². The van der Waals surface area contributed by atoms with Crippen LogP contribution in [0.2, 0.25) is 18.1 Å². The predicted molar refractivity (Wildman–Crippen MR) is 121 cm³/mol. The lowest BCUT2D eigenvalue weighted by Crippen LogP contribution is -2.43. The molecule has 1 N–H and O–H groups in total. The molecule has 0 atom stereocenters. The molecule has 166 valence electrons. The molecule has 0 saturated heterocycles. The topological polar surface area (TPSA) is 60.0 Å². The molecule has 0 aliphatic rings. The third-order valence-electron chi connectivity index (χ3n) is 4.98. The van der Waals surface area contributed by atoms with Gasteiger partial charge in [0.1, 0.15) is 18.0 Å². The summed E-state index contributed by atoms with van der Waals surface area (Å²) in [5.41, 5.74) is 3.30. The summed E-state index contributed by atoms with van der Waals surface area (Å²) in [6.45, 7) is 18.5. The smallest absolute Gasteiger partial charge is 0.422 e. The van der Waals surface area contributed by atoms with Crippen molar-refractivity contribution in [3.63, 3.8) is 0 Å². The van der Waals surface area contributed by atoms with Gasteiger partial charge in [-0.3, -0.25) is 5.43 Å². The van der Waals surface area contributed by atoms with Crippen molar-refractivity contribution in [3.05, 3.63) is 29.8 Å². The Hall–Kier alpha value is -1.57. The standard InChI is InChI=1S/C22H40N2O4Si/c1-21(2,3)28-20(25)23-24(7)15-14-18-12-10-11-13-19(18)26-16-17-27-29(8,9)22(4,5)6/h10-13H,14-17H2,1-9H3,(H,23,25). The second-order valence-corrected chi connectivity index (χ2v) is 14.7. The summed E-state index contributed by atoms with van der Waals surface area (Å²) >= 11 is 0. The Morgan fingerprint density at radius 1 is 1.07 bits per heavy atom. The maximum absolute atomic E-state index is 11.9. The number of para-hydroxylation sites is 1. The van der Waals surface area contributed by atoms with Crippen LogP contribution >= 0.6 is 0 Å². The highest BCUT2D eigenvalue weighted by molar-refractivity contribution is 6.74. The van der Waals surface area contributed by atoms with Crippen molar-refractivity contribution in [1.29, 1.82) is 0 Å². The summed E-state index contributed by atoms with van der Waals surface area (Å²) in [6.07, 6.45) is 0.290. The van der Waals surface area contributed by atoms with Crippen LogP contribution in [-0.2, 0) is 15.6 Å². The molecule has 6 nitrogen and oxygen atoms in total. The van der Waals surface area contributed by atoms with Gasteiger partial charge in [0, 0.05) is 13.6 Å². The van der Waals surface area contributed by atoms with Crippen LogP contribution in [0.5, 0.6) is 5.75 Å². The quantitative estimate of drug-likeness (QED) is 0.343. The van der Waals surface area contributed by atoms with E-state index in [9.17, 15) is 4.79 Å². The number of rotatable bonds is 9. The van der Waals surface area contributed by atoms with Crippen LogP contribution in [0.25, 0.3) is 0 Å². The molecule has 1 amide bonds. The highest BCUT2D eigenvalue weighted by Gasteiger charge is 2.36. The molecule has 0 unspecified atom stereocenters. The van der Waals surface area contributed by atoms with E-state index in [2.05, 4.69) is 39.3 Å². The number of hydrogen-bond acceptors (Lipinski definition) is 5. The highest BCUT2D eigenvalue weighted by Crippen LogP contribution is 2.36. The van der Waals surface area contributed by atoms with E-state index in [4.69, 9.17) is 13.9 Å². The van der Waals surface area contributed by atoms with Gasteiger partial charge in [-0.2, -0.15) is 0 Å². The molecule has 0 radical (unpaired) electrons. The first-order valence-electron chi connectivity index (χ1n) is 10.3. The lowest BCUT2D eigenvalue weighted by atomic mass is 10.1. The number of carbonyl (C=O) groups is 1. The van der Waals surface area contributed by atoms with Gasteiger partial charge >= 0.3 is 6.09 Å². The Morgan fingerprint density at radius 3 is 2.28 bits per heavy atom. The van der Waals surface area contributed by atoms with Crippen molar-refractivity contribution in [2.75, 3.05) is 26.8 Å². The maximum Gasteiger partial charge on any atom is 0.422 e. The number of likely N-dealkylation sites (N-methyl/N-ethyl adjacent to an activating group) is 1.